The van der Waals surface area contributed by atoms with Crippen LogP contribution >= 0.6 is 12.6 Å². The quantitative estimate of drug-likeness (QED) is 0.705. The van der Waals surface area contributed by atoms with E-state index in [1.807, 2.05) is 0 Å². The minimum absolute atomic E-state index is 0.236. The van der Waals surface area contributed by atoms with E-state index in [9.17, 15) is 8.78 Å². The van der Waals surface area contributed by atoms with Crippen LogP contribution < -0.4 is 4.74 Å². The van der Waals surface area contributed by atoms with Gasteiger partial charge in [-0.1, -0.05) is 0 Å². The summed E-state index contributed by atoms with van der Waals surface area (Å²) in [6.07, 6.45) is 0. The zero-order valence-corrected chi connectivity index (χ0v) is 7.37. The van der Waals surface area contributed by atoms with E-state index in [2.05, 4.69) is 12.6 Å². The van der Waals surface area contributed by atoms with E-state index in [4.69, 9.17) is 4.74 Å². The molecule has 0 saturated carbocycles. The molecule has 0 aliphatic heterocycles. The van der Waals surface area contributed by atoms with E-state index < -0.39 is 11.6 Å². The Hall–Kier alpha value is -0.770. The fourth-order valence-electron chi connectivity index (χ4n) is 0.829. The van der Waals surface area contributed by atoms with E-state index in [0.717, 1.165) is 12.1 Å². The summed E-state index contributed by atoms with van der Waals surface area (Å²) in [5, 5.41) is 0. The Morgan fingerprint density at radius 1 is 1.33 bits per heavy atom. The Labute approximate surface area is 74.8 Å². The van der Waals surface area contributed by atoms with Crippen LogP contribution in [0.2, 0.25) is 0 Å². The van der Waals surface area contributed by atoms with Crippen molar-refractivity contribution in [3.63, 3.8) is 0 Å². The predicted octanol–water partition coefficient (Wildman–Crippen LogP) is 2.65. The lowest BCUT2D eigenvalue weighted by molar-refractivity contribution is 0.302. The van der Waals surface area contributed by atoms with Gasteiger partial charge in [-0.15, -0.1) is 12.6 Å². The Morgan fingerprint density at radius 3 is 2.25 bits per heavy atom. The van der Waals surface area contributed by atoms with Gasteiger partial charge in [-0.25, -0.2) is 8.78 Å². The number of hydrogen-bond donors (Lipinski definition) is 1. The summed E-state index contributed by atoms with van der Waals surface area (Å²) in [4.78, 5) is 0.244. The standard InChI is InChI=1S/C8H8F2OS/c1-2-11-8-6(9)3-5(12)4-7(8)10/h3-4,12H,2H2,1H3. The number of rotatable bonds is 2. The van der Waals surface area contributed by atoms with Crippen LogP contribution in [0.4, 0.5) is 8.78 Å². The van der Waals surface area contributed by atoms with Crippen LogP contribution in [0.5, 0.6) is 5.75 Å². The minimum Gasteiger partial charge on any atom is -0.488 e. The summed E-state index contributed by atoms with van der Waals surface area (Å²) in [5.41, 5.74) is 0. The molecule has 0 radical (unpaired) electrons. The van der Waals surface area contributed by atoms with Crippen LogP contribution in [0.15, 0.2) is 17.0 Å². The maximum atomic E-state index is 12.9. The maximum absolute atomic E-state index is 12.9. The second kappa shape index (κ2) is 3.76. The highest BCUT2D eigenvalue weighted by Gasteiger charge is 2.10. The summed E-state index contributed by atoms with van der Waals surface area (Å²) in [7, 11) is 0. The molecule has 0 saturated heterocycles. The highest BCUT2D eigenvalue weighted by Crippen LogP contribution is 2.24. The fraction of sp³-hybridized carbons (Fsp3) is 0.250. The number of halogens is 2. The molecule has 0 atom stereocenters. The van der Waals surface area contributed by atoms with Gasteiger partial charge >= 0.3 is 0 Å². The average Bonchev–Trinajstić information content (AvgIpc) is 1.96. The van der Waals surface area contributed by atoms with Gasteiger partial charge < -0.3 is 4.74 Å². The average molecular weight is 190 g/mol. The van der Waals surface area contributed by atoms with E-state index in [1.165, 1.54) is 0 Å². The molecule has 0 N–H and O–H groups in total. The van der Waals surface area contributed by atoms with E-state index in [-0.39, 0.29) is 17.3 Å². The zero-order valence-electron chi connectivity index (χ0n) is 6.47. The molecule has 1 rings (SSSR count). The van der Waals surface area contributed by atoms with E-state index in [0.29, 0.717) is 0 Å². The van der Waals surface area contributed by atoms with Gasteiger partial charge in [0, 0.05) is 4.90 Å². The third-order valence-electron chi connectivity index (χ3n) is 1.27. The van der Waals surface area contributed by atoms with Crippen molar-refractivity contribution in [2.24, 2.45) is 0 Å². The molecule has 0 unspecified atom stereocenters. The molecule has 0 fully saturated rings. The lowest BCUT2D eigenvalue weighted by Gasteiger charge is -2.05. The largest absolute Gasteiger partial charge is 0.488 e. The molecule has 0 aliphatic carbocycles. The molecule has 66 valence electrons. The molecule has 0 bridgehead atoms. The Balaban J connectivity index is 3.10. The van der Waals surface area contributed by atoms with Crippen LogP contribution in [0.3, 0.4) is 0 Å². The first-order valence-corrected chi connectivity index (χ1v) is 3.90. The third kappa shape index (κ3) is 1.88. The molecule has 4 heteroatoms. The summed E-state index contributed by atoms with van der Waals surface area (Å²) in [6.45, 7) is 1.90. The van der Waals surface area contributed by atoms with E-state index in [1.54, 1.807) is 6.92 Å². The fourth-order valence-corrected chi connectivity index (χ4v) is 1.06. The molecule has 0 heterocycles. The van der Waals surface area contributed by atoms with Crippen LogP contribution in [-0.4, -0.2) is 6.61 Å². The monoisotopic (exact) mass is 190 g/mol. The Kier molecular flexibility index (Phi) is 2.92. The summed E-state index contributed by atoms with van der Waals surface area (Å²) >= 11 is 3.80. The SMILES string of the molecule is CCOc1c(F)cc(S)cc1F. The molecule has 12 heavy (non-hydrogen) atoms. The molecule has 0 aromatic heterocycles. The number of thiol groups is 1. The van der Waals surface area contributed by atoms with Gasteiger partial charge in [0.05, 0.1) is 6.61 Å². The highest BCUT2D eigenvalue weighted by atomic mass is 32.1. The molecule has 0 aliphatic rings. The Morgan fingerprint density at radius 2 is 1.83 bits per heavy atom. The topological polar surface area (TPSA) is 9.23 Å². The summed E-state index contributed by atoms with van der Waals surface area (Å²) in [6, 6.07) is 2.22. The smallest absolute Gasteiger partial charge is 0.190 e. The Bertz CT molecular complexity index is 265. The molecule has 1 aromatic rings. The maximum Gasteiger partial charge on any atom is 0.190 e. The third-order valence-corrected chi connectivity index (χ3v) is 1.53. The summed E-state index contributed by atoms with van der Waals surface area (Å²) in [5.74, 6) is -1.78. The lowest BCUT2D eigenvalue weighted by atomic mass is 10.3. The molecular weight excluding hydrogens is 182 g/mol. The first-order chi connectivity index (χ1) is 5.65. The number of hydrogen-bond acceptors (Lipinski definition) is 2. The lowest BCUT2D eigenvalue weighted by Crippen LogP contribution is -1.97. The van der Waals surface area contributed by atoms with Crippen molar-refractivity contribution >= 4 is 12.6 Å². The molecular formula is C8H8F2OS. The van der Waals surface area contributed by atoms with E-state index >= 15 is 0 Å². The van der Waals surface area contributed by atoms with Crippen molar-refractivity contribution in [3.05, 3.63) is 23.8 Å². The molecule has 1 nitrogen and oxygen atoms in total. The van der Waals surface area contributed by atoms with Gasteiger partial charge in [0.15, 0.2) is 17.4 Å². The highest BCUT2D eigenvalue weighted by molar-refractivity contribution is 7.80. The van der Waals surface area contributed by atoms with Crippen molar-refractivity contribution < 1.29 is 13.5 Å². The number of benzene rings is 1. The van der Waals surface area contributed by atoms with Crippen LogP contribution in [-0.2, 0) is 0 Å². The molecule has 0 amide bonds. The van der Waals surface area contributed by atoms with Crippen molar-refractivity contribution in [1.82, 2.24) is 0 Å². The van der Waals surface area contributed by atoms with Crippen LogP contribution in [0.1, 0.15) is 6.92 Å². The predicted molar refractivity (Wildman–Crippen MR) is 44.8 cm³/mol. The molecule has 0 spiro atoms. The zero-order chi connectivity index (χ0) is 9.14. The van der Waals surface area contributed by atoms with Gasteiger partial charge in [0.1, 0.15) is 0 Å². The second-order valence-corrected chi connectivity index (χ2v) is 2.69. The van der Waals surface area contributed by atoms with Gasteiger partial charge in [-0.2, -0.15) is 0 Å². The van der Waals surface area contributed by atoms with Crippen LogP contribution in [0, 0.1) is 11.6 Å². The van der Waals surface area contributed by atoms with Crippen LogP contribution in [0.25, 0.3) is 0 Å². The van der Waals surface area contributed by atoms with Gasteiger partial charge in [-0.05, 0) is 19.1 Å². The van der Waals surface area contributed by atoms with Gasteiger partial charge in [-0.3, -0.25) is 0 Å². The van der Waals surface area contributed by atoms with Gasteiger partial charge in [0.2, 0.25) is 0 Å². The second-order valence-electron chi connectivity index (χ2n) is 2.17. The van der Waals surface area contributed by atoms with Crippen molar-refractivity contribution in [2.75, 3.05) is 6.61 Å². The minimum atomic E-state index is -0.721. The van der Waals surface area contributed by atoms with Crippen molar-refractivity contribution in [1.29, 1.82) is 0 Å². The first-order valence-electron chi connectivity index (χ1n) is 3.46. The summed E-state index contributed by atoms with van der Waals surface area (Å²) < 4.78 is 30.5. The normalized spacial score (nSPS) is 10.0. The molecule has 1 aromatic carbocycles. The van der Waals surface area contributed by atoms with Gasteiger partial charge in [0.25, 0.3) is 0 Å². The first kappa shape index (κ1) is 9.32. The van der Waals surface area contributed by atoms with Crippen molar-refractivity contribution in [3.8, 4) is 5.75 Å². The number of ether oxygens (including phenoxy) is 1. The van der Waals surface area contributed by atoms with Crippen molar-refractivity contribution in [2.45, 2.75) is 11.8 Å².